The van der Waals surface area contributed by atoms with Crippen LogP contribution in [0, 0.1) is 0 Å². The van der Waals surface area contributed by atoms with Gasteiger partial charge in [0.05, 0.1) is 16.1 Å². The van der Waals surface area contributed by atoms with E-state index >= 15 is 0 Å². The predicted molar refractivity (Wildman–Crippen MR) is 94.8 cm³/mol. The first-order valence-corrected chi connectivity index (χ1v) is 8.24. The number of pyridine rings is 1. The van der Waals surface area contributed by atoms with Gasteiger partial charge in [-0.1, -0.05) is 53.3 Å². The molecule has 1 N–H and O–H groups in total. The van der Waals surface area contributed by atoms with Crippen molar-refractivity contribution in [2.45, 2.75) is 6.92 Å². The van der Waals surface area contributed by atoms with Crippen molar-refractivity contribution in [1.29, 1.82) is 0 Å². The van der Waals surface area contributed by atoms with Crippen LogP contribution < -0.4 is 5.32 Å². The van der Waals surface area contributed by atoms with E-state index in [1.807, 2.05) is 30.3 Å². The van der Waals surface area contributed by atoms with E-state index in [2.05, 4.69) is 15.3 Å². The summed E-state index contributed by atoms with van der Waals surface area (Å²) in [4.78, 5) is 32.9. The maximum Gasteiger partial charge on any atom is 0.259 e. The van der Waals surface area contributed by atoms with Crippen LogP contribution in [-0.2, 0) is 0 Å². The number of nitrogens with zero attached hydrogens (tertiary/aromatic N) is 2. The molecule has 0 fully saturated rings. The van der Waals surface area contributed by atoms with Gasteiger partial charge in [-0.05, 0) is 12.1 Å². The molecule has 2 heterocycles. The predicted octanol–water partition coefficient (Wildman–Crippen LogP) is 4.31. The molecule has 0 aliphatic heterocycles. The fourth-order valence-corrected chi connectivity index (χ4v) is 3.07. The Labute approximate surface area is 147 Å². The number of aromatic nitrogens is 2. The summed E-state index contributed by atoms with van der Waals surface area (Å²) in [6, 6.07) is 12.5. The monoisotopic (exact) mass is 357 g/mol. The number of thiazole rings is 1. The van der Waals surface area contributed by atoms with Crippen LogP contribution in [0.1, 0.15) is 27.0 Å². The van der Waals surface area contributed by atoms with Gasteiger partial charge in [0.1, 0.15) is 5.15 Å². The van der Waals surface area contributed by atoms with Crippen LogP contribution in [0.5, 0.6) is 0 Å². The molecule has 0 aliphatic rings. The van der Waals surface area contributed by atoms with Gasteiger partial charge in [0, 0.05) is 18.7 Å². The van der Waals surface area contributed by atoms with Gasteiger partial charge in [0.2, 0.25) is 0 Å². The molecule has 120 valence electrons. The van der Waals surface area contributed by atoms with Gasteiger partial charge in [0.25, 0.3) is 5.91 Å². The summed E-state index contributed by atoms with van der Waals surface area (Å²) in [5.74, 6) is -0.456. The molecule has 0 unspecified atom stereocenters. The van der Waals surface area contributed by atoms with Crippen molar-refractivity contribution in [1.82, 2.24) is 9.97 Å². The van der Waals surface area contributed by atoms with Crippen LogP contribution in [0.15, 0.2) is 48.7 Å². The van der Waals surface area contributed by atoms with E-state index in [4.69, 9.17) is 11.6 Å². The summed E-state index contributed by atoms with van der Waals surface area (Å²) in [6.45, 7) is 1.48. The number of hydrogen-bond donors (Lipinski definition) is 1. The summed E-state index contributed by atoms with van der Waals surface area (Å²) in [5, 5.41) is 3.37. The highest BCUT2D eigenvalue weighted by Crippen LogP contribution is 2.31. The van der Waals surface area contributed by atoms with Gasteiger partial charge in [-0.2, -0.15) is 0 Å². The fourth-order valence-electron chi connectivity index (χ4n) is 2.08. The molecular weight excluding hydrogens is 346 g/mol. The molecule has 0 saturated heterocycles. The normalized spacial score (nSPS) is 10.4. The van der Waals surface area contributed by atoms with E-state index in [1.54, 1.807) is 6.07 Å². The number of nitrogens with one attached hydrogen (secondary N) is 1. The summed E-state index contributed by atoms with van der Waals surface area (Å²) >= 11 is 6.86. The first kappa shape index (κ1) is 16.3. The fraction of sp³-hybridized carbons (Fsp3) is 0.0588. The van der Waals surface area contributed by atoms with E-state index < -0.39 is 0 Å². The van der Waals surface area contributed by atoms with E-state index in [1.165, 1.54) is 19.2 Å². The molecule has 1 amide bonds. The number of ketones is 1. The minimum absolute atomic E-state index is 0.0972. The third-order valence-electron chi connectivity index (χ3n) is 3.20. The van der Waals surface area contributed by atoms with Crippen LogP contribution in [0.3, 0.4) is 0 Å². The Hall–Kier alpha value is -2.57. The average Bonchev–Trinajstić information content (AvgIpc) is 3.00. The first-order chi connectivity index (χ1) is 11.5. The van der Waals surface area contributed by atoms with E-state index in [0.29, 0.717) is 26.4 Å². The van der Waals surface area contributed by atoms with Crippen molar-refractivity contribution in [2.75, 3.05) is 5.32 Å². The quantitative estimate of drug-likeness (QED) is 0.557. The Morgan fingerprint density at radius 2 is 1.88 bits per heavy atom. The number of anilines is 1. The topological polar surface area (TPSA) is 72.0 Å². The van der Waals surface area contributed by atoms with Gasteiger partial charge in [-0.15, -0.1) is 0 Å². The Kier molecular flexibility index (Phi) is 4.69. The maximum absolute atomic E-state index is 12.2. The molecular formula is C17H12ClN3O2S. The number of rotatable bonds is 4. The number of carbonyl (C=O) groups is 2. The van der Waals surface area contributed by atoms with Crippen LogP contribution >= 0.6 is 22.9 Å². The van der Waals surface area contributed by atoms with Gasteiger partial charge >= 0.3 is 0 Å². The molecule has 3 aromatic rings. The largest absolute Gasteiger partial charge is 0.298 e. The lowest BCUT2D eigenvalue weighted by Gasteiger charge is -2.01. The molecule has 5 nitrogen and oxygen atoms in total. The minimum Gasteiger partial charge on any atom is -0.298 e. The van der Waals surface area contributed by atoms with Crippen LogP contribution in [0.2, 0.25) is 5.15 Å². The van der Waals surface area contributed by atoms with E-state index in [0.717, 1.165) is 16.9 Å². The maximum atomic E-state index is 12.2. The second-order valence-electron chi connectivity index (χ2n) is 4.94. The average molecular weight is 358 g/mol. The van der Waals surface area contributed by atoms with Crippen LogP contribution in [0.4, 0.5) is 5.13 Å². The lowest BCUT2D eigenvalue weighted by atomic mass is 10.1. The Morgan fingerprint density at radius 3 is 2.50 bits per heavy atom. The number of hydrogen-bond acceptors (Lipinski definition) is 5. The smallest absolute Gasteiger partial charge is 0.259 e. The van der Waals surface area contributed by atoms with E-state index in [-0.39, 0.29) is 11.7 Å². The van der Waals surface area contributed by atoms with Crippen molar-refractivity contribution in [2.24, 2.45) is 0 Å². The zero-order valence-corrected chi connectivity index (χ0v) is 14.2. The van der Waals surface area contributed by atoms with Crippen molar-refractivity contribution in [3.05, 3.63) is 64.3 Å². The summed E-state index contributed by atoms with van der Waals surface area (Å²) in [7, 11) is 0. The highest BCUT2D eigenvalue weighted by Gasteiger charge is 2.18. The number of halogens is 1. The second kappa shape index (κ2) is 6.90. The zero-order valence-electron chi connectivity index (χ0n) is 12.6. The lowest BCUT2D eigenvalue weighted by Crippen LogP contribution is -2.11. The van der Waals surface area contributed by atoms with E-state index in [9.17, 15) is 9.59 Å². The molecule has 3 rings (SSSR count). The molecule has 1 aromatic carbocycles. The third-order valence-corrected chi connectivity index (χ3v) is 4.50. The molecule has 0 bridgehead atoms. The van der Waals surface area contributed by atoms with Crippen molar-refractivity contribution < 1.29 is 9.59 Å². The van der Waals surface area contributed by atoms with Crippen molar-refractivity contribution >= 4 is 39.8 Å². The highest BCUT2D eigenvalue weighted by atomic mass is 35.5. The molecule has 24 heavy (non-hydrogen) atoms. The zero-order chi connectivity index (χ0) is 17.1. The van der Waals surface area contributed by atoms with Crippen molar-refractivity contribution in [3.8, 4) is 11.3 Å². The Balaban J connectivity index is 1.90. The molecule has 0 aliphatic carbocycles. The Morgan fingerprint density at radius 1 is 1.12 bits per heavy atom. The summed E-state index contributed by atoms with van der Waals surface area (Å²) < 4.78 is 0. The highest BCUT2D eigenvalue weighted by molar-refractivity contribution is 7.18. The van der Waals surface area contributed by atoms with Gasteiger partial charge < -0.3 is 0 Å². The standard InChI is InChI=1S/C17H12ClN3O2S/c1-10(22)15-14(11-5-3-2-4-6-11)20-17(24-15)21-16(23)12-7-8-13(18)19-9-12/h2-9H,1H3,(H,20,21,23). The molecule has 0 spiro atoms. The third kappa shape index (κ3) is 3.50. The SMILES string of the molecule is CC(=O)c1sc(NC(=O)c2ccc(Cl)nc2)nc1-c1ccccc1. The van der Waals surface area contributed by atoms with Crippen molar-refractivity contribution in [3.63, 3.8) is 0 Å². The Bertz CT molecular complexity index is 892. The number of carbonyl (C=O) groups excluding carboxylic acids is 2. The van der Waals surface area contributed by atoms with Gasteiger partial charge in [-0.25, -0.2) is 9.97 Å². The second-order valence-corrected chi connectivity index (χ2v) is 6.33. The summed E-state index contributed by atoms with van der Waals surface area (Å²) in [6.07, 6.45) is 1.38. The minimum atomic E-state index is -0.359. The summed E-state index contributed by atoms with van der Waals surface area (Å²) in [5.41, 5.74) is 1.76. The van der Waals surface area contributed by atoms with Crippen LogP contribution in [-0.4, -0.2) is 21.7 Å². The van der Waals surface area contributed by atoms with Gasteiger partial charge in [-0.3, -0.25) is 14.9 Å². The molecule has 0 atom stereocenters. The molecule has 7 heteroatoms. The molecule has 0 radical (unpaired) electrons. The molecule has 2 aromatic heterocycles. The van der Waals surface area contributed by atoms with Crippen LogP contribution in [0.25, 0.3) is 11.3 Å². The molecule has 0 saturated carbocycles. The number of amides is 1. The first-order valence-electron chi connectivity index (χ1n) is 7.04. The number of benzene rings is 1. The number of Topliss-reactive ketones (excluding diaryl/α,β-unsaturated/α-hetero) is 1. The lowest BCUT2D eigenvalue weighted by molar-refractivity contribution is 0.101. The van der Waals surface area contributed by atoms with Gasteiger partial charge in [0.15, 0.2) is 10.9 Å².